The first kappa shape index (κ1) is 14.7. The van der Waals surface area contributed by atoms with E-state index in [0.717, 1.165) is 21.7 Å². The summed E-state index contributed by atoms with van der Waals surface area (Å²) in [6.45, 7) is 3.63. The van der Waals surface area contributed by atoms with Gasteiger partial charge < -0.3 is 4.79 Å². The largest absolute Gasteiger partial charge is 0.307 e. The van der Waals surface area contributed by atoms with E-state index in [1.807, 2.05) is 37.3 Å². The van der Waals surface area contributed by atoms with Crippen LogP contribution in [0.4, 0.5) is 0 Å². The van der Waals surface area contributed by atoms with Gasteiger partial charge in [-0.3, -0.25) is 0 Å². The van der Waals surface area contributed by atoms with Crippen molar-refractivity contribution in [3.63, 3.8) is 0 Å². The van der Waals surface area contributed by atoms with Crippen molar-refractivity contribution >= 4 is 24.5 Å². The van der Waals surface area contributed by atoms with Crippen LogP contribution in [0.5, 0.6) is 0 Å². The maximum atomic E-state index is 11.8. The van der Waals surface area contributed by atoms with Gasteiger partial charge in [0.2, 0.25) is 7.28 Å². The Morgan fingerprint density at radius 3 is 2.53 bits per heavy atom. The van der Waals surface area contributed by atoms with Crippen molar-refractivity contribution in [1.29, 1.82) is 0 Å². The molecule has 1 heterocycles. The van der Waals surface area contributed by atoms with Crippen LogP contribution in [-0.2, 0) is 0 Å². The van der Waals surface area contributed by atoms with Crippen LogP contribution >= 0.6 is 11.5 Å². The van der Waals surface area contributed by atoms with E-state index in [2.05, 4.69) is 4.37 Å². The Hall–Kier alpha value is -0.363. The number of carbonyl (C=O) groups is 1. The normalized spacial score (nSPS) is 9.53. The summed E-state index contributed by atoms with van der Waals surface area (Å²) in [6, 6.07) is 9.90. The van der Waals surface area contributed by atoms with Crippen LogP contribution < -0.4 is 0 Å². The number of aryl methyl sites for hydroxylation is 1. The van der Waals surface area contributed by atoms with Crippen molar-refractivity contribution < 1.29 is 35.9 Å². The quantitative estimate of drug-likeness (QED) is 0.652. The molecule has 0 saturated carbocycles. The van der Waals surface area contributed by atoms with Crippen molar-refractivity contribution in [1.82, 2.24) is 4.37 Å². The third-order valence-corrected chi connectivity index (χ3v) is 3.39. The molecule has 2 nitrogen and oxygen atoms in total. The van der Waals surface area contributed by atoms with Crippen molar-refractivity contribution in [3.05, 3.63) is 41.6 Å². The molecule has 17 heavy (non-hydrogen) atoms. The predicted molar refractivity (Wildman–Crippen MR) is 68.2 cm³/mol. The van der Waals surface area contributed by atoms with E-state index < -0.39 is 0 Å². The van der Waals surface area contributed by atoms with Crippen LogP contribution in [-0.4, -0.2) is 17.3 Å². The van der Waals surface area contributed by atoms with Crippen LogP contribution in [0, 0.1) is 38.0 Å². The van der Waals surface area contributed by atoms with Gasteiger partial charge in [-0.25, -0.2) is 0 Å². The second kappa shape index (κ2) is 6.54. The van der Waals surface area contributed by atoms with E-state index in [0.29, 0.717) is 0 Å². The van der Waals surface area contributed by atoms with E-state index in [1.54, 1.807) is 14.1 Å². The molecule has 2 aromatic rings. The molecule has 2 rings (SSSR count). The molecular weight excluding hydrogens is 455 g/mol. The Balaban J connectivity index is 0.00000144. The minimum absolute atomic E-state index is 0. The fraction of sp³-hybridized carbons (Fsp3) is 0.167. The molecule has 1 aromatic carbocycles. The van der Waals surface area contributed by atoms with Crippen molar-refractivity contribution in [2.75, 3.05) is 0 Å². The first-order valence-electron chi connectivity index (χ1n) is 5.09. The van der Waals surface area contributed by atoms with E-state index in [9.17, 15) is 4.79 Å². The first-order valence-corrected chi connectivity index (χ1v) is 5.86. The number of rotatable bonds is 3. The summed E-state index contributed by atoms with van der Waals surface area (Å²) in [5.41, 5.74) is 2.65. The zero-order chi connectivity index (χ0) is 11.5. The zero-order valence-corrected chi connectivity index (χ0v) is 14.7. The average Bonchev–Trinajstić information content (AvgIpc) is 2.71. The molecule has 1 aromatic heterocycles. The summed E-state index contributed by atoms with van der Waals surface area (Å²) in [5, 5.41) is 0. The molecule has 83 valence electrons. The molecule has 0 atom stereocenters. The van der Waals surface area contributed by atoms with Gasteiger partial charge in [-0.05, 0) is 24.0 Å². The molecule has 0 amide bonds. The van der Waals surface area contributed by atoms with Gasteiger partial charge in [0.15, 0.2) is 0 Å². The smallest absolute Gasteiger partial charge is 0.206 e. The number of hydrogen-bond donors (Lipinski definition) is 0. The molecule has 0 saturated heterocycles. The van der Waals surface area contributed by atoms with Crippen LogP contribution in [0.2, 0.25) is 6.82 Å². The van der Waals surface area contributed by atoms with Gasteiger partial charge in [0, 0.05) is 36.7 Å². The summed E-state index contributed by atoms with van der Waals surface area (Å²) < 4.78 is 4.26. The first-order chi connectivity index (χ1) is 7.74. The monoisotopic (exact) mass is 466 g/mol. The van der Waals surface area contributed by atoms with Gasteiger partial charge in [-0.15, -0.1) is 0 Å². The van der Waals surface area contributed by atoms with E-state index in [4.69, 9.17) is 0 Å². The zero-order valence-electron chi connectivity index (χ0n) is 9.73. The molecule has 0 fully saturated rings. The maximum absolute atomic E-state index is 11.8. The Kier molecular flexibility index (Phi) is 5.65. The van der Waals surface area contributed by atoms with Crippen LogP contribution in [0.25, 0.3) is 10.4 Å². The molecule has 0 bridgehead atoms. The van der Waals surface area contributed by atoms with E-state index in [1.165, 1.54) is 11.5 Å². The third-order valence-electron chi connectivity index (χ3n) is 2.41. The van der Waals surface area contributed by atoms with Gasteiger partial charge in [-0.1, -0.05) is 37.2 Å². The molecule has 0 aliphatic heterocycles. The van der Waals surface area contributed by atoms with Crippen LogP contribution in [0.1, 0.15) is 16.1 Å². The third kappa shape index (κ3) is 3.10. The number of aromatic nitrogens is 1. The Labute approximate surface area is 130 Å². The molecule has 0 spiro atoms. The molecule has 0 aliphatic carbocycles. The standard InChI is InChI=1S/C12H11BNOS.U/c1-8-10(12(15)13-2)11(16-14-8)9-6-4-3-5-7-9;/h3-7H,1-2H3;. The van der Waals surface area contributed by atoms with Crippen molar-refractivity contribution in [3.8, 4) is 10.4 Å². The molecule has 0 unspecified atom stereocenters. The second-order valence-electron chi connectivity index (χ2n) is 3.49. The maximum Gasteiger partial charge on any atom is 0.206 e. The van der Waals surface area contributed by atoms with Crippen molar-refractivity contribution in [2.45, 2.75) is 13.7 Å². The van der Waals surface area contributed by atoms with Gasteiger partial charge in [0.1, 0.15) is 5.68 Å². The summed E-state index contributed by atoms with van der Waals surface area (Å²) in [7, 11) is 1.59. The van der Waals surface area contributed by atoms with Gasteiger partial charge >= 0.3 is 0 Å². The number of benzene rings is 1. The minimum atomic E-state index is 0. The second-order valence-corrected chi connectivity index (χ2v) is 4.26. The van der Waals surface area contributed by atoms with E-state index >= 15 is 0 Å². The predicted octanol–water partition coefficient (Wildman–Crippen LogP) is 3.01. The van der Waals surface area contributed by atoms with Crippen LogP contribution in [0.15, 0.2) is 30.3 Å². The SMILES string of the molecule is C[B]C(=O)c1c(C)nsc1-c1ccccc1.[U]. The summed E-state index contributed by atoms with van der Waals surface area (Å²) in [5.74, 6) is 0. The number of nitrogens with zero attached hydrogens (tertiary/aromatic N) is 1. The minimum Gasteiger partial charge on any atom is -0.307 e. The molecule has 1 radical (unpaired) electrons. The fourth-order valence-corrected chi connectivity index (χ4v) is 2.49. The van der Waals surface area contributed by atoms with Gasteiger partial charge in [-0.2, -0.15) is 4.37 Å². The Morgan fingerprint density at radius 1 is 1.29 bits per heavy atom. The van der Waals surface area contributed by atoms with Gasteiger partial charge in [0.05, 0.1) is 10.6 Å². The van der Waals surface area contributed by atoms with Gasteiger partial charge in [0.25, 0.3) is 0 Å². The summed E-state index contributed by atoms with van der Waals surface area (Å²) in [6.07, 6.45) is 0. The number of carbonyl (C=O) groups excluding carboxylic acids is 1. The fourth-order valence-electron chi connectivity index (χ4n) is 1.59. The molecule has 0 N–H and O–H groups in total. The van der Waals surface area contributed by atoms with E-state index in [-0.39, 0.29) is 36.8 Å². The molecule has 0 aliphatic rings. The summed E-state index contributed by atoms with van der Waals surface area (Å²) in [4.78, 5) is 12.8. The molecular formula is C12H11BNOSU. The average molecular weight is 466 g/mol. The number of hydrogen-bond acceptors (Lipinski definition) is 3. The van der Waals surface area contributed by atoms with Crippen LogP contribution in [0.3, 0.4) is 0 Å². The Morgan fingerprint density at radius 2 is 1.94 bits per heavy atom. The Bertz CT molecular complexity index is 512. The topological polar surface area (TPSA) is 30.0 Å². The molecule has 5 heteroatoms. The van der Waals surface area contributed by atoms with Crippen molar-refractivity contribution in [2.24, 2.45) is 0 Å². The summed E-state index contributed by atoms with van der Waals surface area (Å²) >= 11 is 1.38.